The monoisotopic (exact) mass is 408 g/mol. The minimum atomic E-state index is 0.00949. The third-order valence-corrected chi connectivity index (χ3v) is 6.25. The third-order valence-electron chi connectivity index (χ3n) is 6.25. The fraction of sp³-hybridized carbons (Fsp3) is 0.435. The maximum Gasteiger partial charge on any atom is 0.172 e. The zero-order valence-corrected chi connectivity index (χ0v) is 17.5. The minimum absolute atomic E-state index is 0.00949. The summed E-state index contributed by atoms with van der Waals surface area (Å²) in [5, 5.41) is 8.10. The average molecular weight is 409 g/mol. The number of hydrogen-bond acceptors (Lipinski definition) is 6. The largest absolute Gasteiger partial charge is 0.495 e. The van der Waals surface area contributed by atoms with Gasteiger partial charge in [-0.3, -0.25) is 10.00 Å². The van der Waals surface area contributed by atoms with Gasteiger partial charge in [-0.05, 0) is 44.2 Å². The molecule has 30 heavy (non-hydrogen) atoms. The number of fused-ring (bicyclic) bond motifs is 3. The molecule has 2 aliphatic heterocycles. The van der Waals surface area contributed by atoms with E-state index < -0.39 is 0 Å². The second-order valence-electron chi connectivity index (χ2n) is 8.10. The SMILES string of the molecule is COc1ccccc1N1CCC(N(C)C[C@H]2COc3ccc4[nH]ncc4c3O2)CC1. The van der Waals surface area contributed by atoms with E-state index in [9.17, 15) is 0 Å². The van der Waals surface area contributed by atoms with Crippen molar-refractivity contribution in [1.29, 1.82) is 0 Å². The smallest absolute Gasteiger partial charge is 0.172 e. The van der Waals surface area contributed by atoms with Crippen molar-refractivity contribution in [1.82, 2.24) is 15.1 Å². The van der Waals surface area contributed by atoms with Gasteiger partial charge < -0.3 is 19.1 Å². The topological polar surface area (TPSA) is 62.9 Å². The lowest BCUT2D eigenvalue weighted by Crippen LogP contribution is -2.48. The molecule has 1 aromatic heterocycles. The first-order chi connectivity index (χ1) is 14.7. The standard InChI is InChI=1S/C23H28N4O3/c1-26(16-9-11-27(12-10-16)20-5-3-4-6-21(20)28-2)14-17-15-29-22-8-7-19-18(13-24-25-19)23(22)30-17/h3-8,13,16-17H,9-12,14-15H2,1-2H3,(H,24,25)/t17-/m0/s1. The molecule has 0 saturated carbocycles. The summed E-state index contributed by atoms with van der Waals surface area (Å²) < 4.78 is 17.9. The number of rotatable bonds is 5. The Morgan fingerprint density at radius 3 is 2.87 bits per heavy atom. The normalized spacial score (nSPS) is 19.4. The maximum absolute atomic E-state index is 6.33. The molecule has 0 radical (unpaired) electrons. The molecule has 0 bridgehead atoms. The van der Waals surface area contributed by atoms with Crippen molar-refractivity contribution in [2.45, 2.75) is 25.0 Å². The van der Waals surface area contributed by atoms with E-state index in [0.29, 0.717) is 12.6 Å². The van der Waals surface area contributed by atoms with Gasteiger partial charge in [0.25, 0.3) is 0 Å². The Balaban J connectivity index is 1.20. The number of para-hydroxylation sites is 2. The highest BCUT2D eigenvalue weighted by Gasteiger charge is 2.29. The van der Waals surface area contributed by atoms with Crippen molar-refractivity contribution in [3.63, 3.8) is 0 Å². The van der Waals surface area contributed by atoms with E-state index in [0.717, 1.165) is 60.6 Å². The molecule has 0 spiro atoms. The van der Waals surface area contributed by atoms with Crippen LogP contribution in [0.2, 0.25) is 0 Å². The van der Waals surface area contributed by atoms with Gasteiger partial charge in [0.2, 0.25) is 0 Å². The lowest BCUT2D eigenvalue weighted by atomic mass is 10.0. The molecule has 158 valence electrons. The number of piperidine rings is 1. The Kier molecular flexibility index (Phi) is 5.12. The van der Waals surface area contributed by atoms with Gasteiger partial charge in [-0.25, -0.2) is 0 Å². The average Bonchev–Trinajstić information content (AvgIpc) is 3.28. The molecular formula is C23H28N4O3. The Hall–Kier alpha value is -2.93. The number of methoxy groups -OCH3 is 1. The van der Waals surface area contributed by atoms with Gasteiger partial charge in [-0.15, -0.1) is 0 Å². The van der Waals surface area contributed by atoms with Crippen molar-refractivity contribution in [2.75, 3.05) is 45.3 Å². The highest BCUT2D eigenvalue weighted by atomic mass is 16.6. The number of nitrogens with one attached hydrogen (secondary N) is 1. The van der Waals surface area contributed by atoms with Crippen molar-refractivity contribution >= 4 is 16.6 Å². The predicted molar refractivity (Wildman–Crippen MR) is 117 cm³/mol. The van der Waals surface area contributed by atoms with E-state index >= 15 is 0 Å². The highest BCUT2D eigenvalue weighted by Crippen LogP contribution is 2.38. The first-order valence-corrected chi connectivity index (χ1v) is 10.6. The Morgan fingerprint density at radius 2 is 2.03 bits per heavy atom. The zero-order valence-electron chi connectivity index (χ0n) is 17.5. The summed E-state index contributed by atoms with van der Waals surface area (Å²) >= 11 is 0. The van der Waals surface area contributed by atoms with E-state index in [-0.39, 0.29) is 6.10 Å². The van der Waals surface area contributed by atoms with Crippen LogP contribution in [0.1, 0.15) is 12.8 Å². The molecule has 7 heteroatoms. The molecule has 2 aromatic carbocycles. The number of anilines is 1. The van der Waals surface area contributed by atoms with Gasteiger partial charge in [-0.2, -0.15) is 5.10 Å². The van der Waals surface area contributed by atoms with Crippen LogP contribution in [0.4, 0.5) is 5.69 Å². The fourth-order valence-corrected chi connectivity index (χ4v) is 4.59. The van der Waals surface area contributed by atoms with Crippen LogP contribution in [0.15, 0.2) is 42.6 Å². The summed E-state index contributed by atoms with van der Waals surface area (Å²) in [7, 11) is 3.93. The van der Waals surface area contributed by atoms with Gasteiger partial charge in [0, 0.05) is 25.7 Å². The van der Waals surface area contributed by atoms with E-state index in [4.69, 9.17) is 14.2 Å². The van der Waals surface area contributed by atoms with Crippen molar-refractivity contribution in [3.05, 3.63) is 42.6 Å². The Bertz CT molecular complexity index is 1010. The first-order valence-electron chi connectivity index (χ1n) is 10.6. The van der Waals surface area contributed by atoms with Crippen LogP contribution in [0.25, 0.3) is 10.9 Å². The van der Waals surface area contributed by atoms with E-state index in [1.165, 1.54) is 5.69 Å². The summed E-state index contributed by atoms with van der Waals surface area (Å²) in [6.45, 7) is 3.46. The maximum atomic E-state index is 6.33. The molecule has 1 fully saturated rings. The predicted octanol–water partition coefficient (Wildman–Crippen LogP) is 3.31. The lowest BCUT2D eigenvalue weighted by Gasteiger charge is -2.39. The number of benzene rings is 2. The number of aromatic nitrogens is 2. The Morgan fingerprint density at radius 1 is 1.20 bits per heavy atom. The van der Waals surface area contributed by atoms with Crippen LogP contribution in [0.3, 0.4) is 0 Å². The van der Waals surface area contributed by atoms with Crippen molar-refractivity contribution in [2.24, 2.45) is 0 Å². The van der Waals surface area contributed by atoms with Crippen LogP contribution in [0.5, 0.6) is 17.2 Å². The number of H-pyrrole nitrogens is 1. The van der Waals surface area contributed by atoms with Crippen LogP contribution < -0.4 is 19.1 Å². The van der Waals surface area contributed by atoms with Gasteiger partial charge in [0.05, 0.1) is 29.9 Å². The molecule has 0 amide bonds. The summed E-state index contributed by atoms with van der Waals surface area (Å²) in [5.41, 5.74) is 2.15. The zero-order chi connectivity index (χ0) is 20.5. The van der Waals surface area contributed by atoms with Gasteiger partial charge >= 0.3 is 0 Å². The molecule has 2 aliphatic rings. The molecule has 1 N–H and O–H groups in total. The number of ether oxygens (including phenoxy) is 3. The molecule has 3 heterocycles. The molecule has 0 aliphatic carbocycles. The Labute approximate surface area is 176 Å². The summed E-state index contributed by atoms with van der Waals surface area (Å²) in [4.78, 5) is 4.85. The minimum Gasteiger partial charge on any atom is -0.495 e. The fourth-order valence-electron chi connectivity index (χ4n) is 4.59. The molecule has 7 nitrogen and oxygen atoms in total. The lowest BCUT2D eigenvalue weighted by molar-refractivity contribution is 0.0522. The third kappa shape index (κ3) is 3.54. The molecule has 1 atom stereocenters. The second kappa shape index (κ2) is 8.07. The van der Waals surface area contributed by atoms with E-state index in [2.05, 4.69) is 39.2 Å². The van der Waals surface area contributed by atoms with Crippen LogP contribution in [-0.4, -0.2) is 67.6 Å². The summed E-state index contributed by atoms with van der Waals surface area (Å²) in [6, 6.07) is 12.7. The number of likely N-dealkylation sites (N-methyl/N-ethyl adjacent to an activating group) is 1. The highest BCUT2D eigenvalue weighted by molar-refractivity contribution is 5.87. The second-order valence-corrected chi connectivity index (χ2v) is 8.10. The van der Waals surface area contributed by atoms with Crippen molar-refractivity contribution in [3.8, 4) is 17.2 Å². The first kappa shape index (κ1) is 19.1. The van der Waals surface area contributed by atoms with Crippen LogP contribution >= 0.6 is 0 Å². The van der Waals surface area contributed by atoms with E-state index in [1.54, 1.807) is 13.3 Å². The summed E-state index contributed by atoms with van der Waals surface area (Å²) in [6.07, 6.45) is 4.04. The van der Waals surface area contributed by atoms with Crippen molar-refractivity contribution < 1.29 is 14.2 Å². The molecule has 1 saturated heterocycles. The van der Waals surface area contributed by atoms with Gasteiger partial charge in [0.15, 0.2) is 11.5 Å². The van der Waals surface area contributed by atoms with Crippen LogP contribution in [-0.2, 0) is 0 Å². The van der Waals surface area contributed by atoms with Gasteiger partial charge in [0.1, 0.15) is 18.5 Å². The molecule has 5 rings (SSSR count). The molecule has 3 aromatic rings. The molecule has 0 unspecified atom stereocenters. The van der Waals surface area contributed by atoms with E-state index in [1.807, 2.05) is 24.3 Å². The van der Waals surface area contributed by atoms with Gasteiger partial charge in [-0.1, -0.05) is 12.1 Å². The number of hydrogen-bond donors (Lipinski definition) is 1. The quantitative estimate of drug-likeness (QED) is 0.699. The summed E-state index contributed by atoms with van der Waals surface area (Å²) in [5.74, 6) is 2.55. The van der Waals surface area contributed by atoms with Crippen LogP contribution in [0, 0.1) is 0 Å². The molecular weight excluding hydrogens is 380 g/mol. The number of aromatic amines is 1. The number of nitrogens with zero attached hydrogens (tertiary/aromatic N) is 3.